The minimum absolute atomic E-state index is 0.0870. The van der Waals surface area contributed by atoms with Crippen molar-refractivity contribution in [3.63, 3.8) is 0 Å². The zero-order chi connectivity index (χ0) is 26.1. The fraction of sp³-hybridized carbons (Fsp3) is 0.577. The van der Waals surface area contributed by atoms with E-state index in [0.717, 1.165) is 5.56 Å². The van der Waals surface area contributed by atoms with E-state index >= 15 is 0 Å². The summed E-state index contributed by atoms with van der Waals surface area (Å²) in [5.41, 5.74) is 0.641. The highest BCUT2D eigenvalue weighted by atomic mass is 16.6. The van der Waals surface area contributed by atoms with Gasteiger partial charge in [-0.15, -0.1) is 0 Å². The van der Waals surface area contributed by atoms with E-state index in [1.807, 2.05) is 33.8 Å². The number of ether oxygens (including phenoxy) is 1. The molecule has 3 atom stereocenters. The molecule has 0 aliphatic rings. The van der Waals surface area contributed by atoms with Gasteiger partial charge in [-0.25, -0.2) is 4.79 Å². The molecule has 1 aromatic rings. The summed E-state index contributed by atoms with van der Waals surface area (Å²) in [6, 6.07) is 5.07. The Bertz CT molecular complexity index is 847. The summed E-state index contributed by atoms with van der Waals surface area (Å²) in [5.74, 6) is -1.09. The van der Waals surface area contributed by atoms with Crippen molar-refractivity contribution in [1.82, 2.24) is 15.5 Å². The Hall–Kier alpha value is -2.87. The minimum Gasteiger partial charge on any atom is -0.444 e. The number of aliphatic hydroxyl groups is 1. The molecule has 0 aliphatic carbocycles. The monoisotopic (exact) mass is 475 g/mol. The second-order valence-electron chi connectivity index (χ2n) is 9.70. The summed E-state index contributed by atoms with van der Waals surface area (Å²) in [6.07, 6.45) is 1.55. The molecule has 3 unspecified atom stereocenters. The Labute approximate surface area is 203 Å². The molecule has 0 radical (unpaired) electrons. The first-order valence-electron chi connectivity index (χ1n) is 11.8. The van der Waals surface area contributed by atoms with E-state index in [1.54, 1.807) is 45.0 Å². The van der Waals surface area contributed by atoms with Crippen molar-refractivity contribution in [2.45, 2.75) is 78.6 Å². The molecule has 3 amide bonds. The van der Waals surface area contributed by atoms with Gasteiger partial charge in [-0.1, -0.05) is 51.1 Å². The summed E-state index contributed by atoms with van der Waals surface area (Å²) in [7, 11) is 0. The zero-order valence-corrected chi connectivity index (χ0v) is 21.6. The maximum absolute atomic E-state index is 13.8. The number of benzene rings is 1. The Morgan fingerprint density at radius 2 is 1.82 bits per heavy atom. The van der Waals surface area contributed by atoms with Gasteiger partial charge in [0.05, 0.1) is 6.61 Å². The van der Waals surface area contributed by atoms with Crippen molar-refractivity contribution < 1.29 is 24.2 Å². The minimum atomic E-state index is -1.01. The van der Waals surface area contributed by atoms with E-state index in [9.17, 15) is 19.5 Å². The number of amides is 3. The smallest absolute Gasteiger partial charge is 0.408 e. The average molecular weight is 476 g/mol. The average Bonchev–Trinajstić information content (AvgIpc) is 2.74. The van der Waals surface area contributed by atoms with Gasteiger partial charge in [-0.2, -0.15) is 0 Å². The van der Waals surface area contributed by atoms with Crippen LogP contribution in [0.1, 0.15) is 72.1 Å². The van der Waals surface area contributed by atoms with Crippen LogP contribution >= 0.6 is 0 Å². The Morgan fingerprint density at radius 1 is 1.18 bits per heavy atom. The number of aliphatic hydroxyl groups excluding tert-OH is 1. The molecule has 1 rings (SSSR count). The molecule has 190 valence electrons. The van der Waals surface area contributed by atoms with Crippen LogP contribution in [0.25, 0.3) is 6.08 Å². The third-order valence-corrected chi connectivity index (χ3v) is 5.23. The molecule has 0 spiro atoms. The van der Waals surface area contributed by atoms with Crippen LogP contribution in [0, 0.1) is 5.92 Å². The summed E-state index contributed by atoms with van der Waals surface area (Å²) in [6.45, 7) is 16.0. The van der Waals surface area contributed by atoms with Crippen molar-refractivity contribution in [1.29, 1.82) is 0 Å². The van der Waals surface area contributed by atoms with E-state index in [-0.39, 0.29) is 31.0 Å². The SMILES string of the molecule is C=Cc1cccc(C(C(=O)NC(C)C)N(CCO)C(=O)C(NC(=O)OC(C)(C)C)C(C)CC)c1. The summed E-state index contributed by atoms with van der Waals surface area (Å²) >= 11 is 0. The number of nitrogens with zero attached hydrogens (tertiary/aromatic N) is 1. The highest BCUT2D eigenvalue weighted by Crippen LogP contribution is 2.25. The largest absolute Gasteiger partial charge is 0.444 e. The van der Waals surface area contributed by atoms with Crippen molar-refractivity contribution in [2.75, 3.05) is 13.2 Å². The van der Waals surface area contributed by atoms with Gasteiger partial charge in [-0.05, 0) is 57.7 Å². The molecule has 0 aromatic heterocycles. The zero-order valence-electron chi connectivity index (χ0n) is 21.6. The van der Waals surface area contributed by atoms with E-state index in [0.29, 0.717) is 12.0 Å². The highest BCUT2D eigenvalue weighted by Gasteiger charge is 2.38. The highest BCUT2D eigenvalue weighted by molar-refractivity contribution is 5.92. The van der Waals surface area contributed by atoms with Crippen LogP contribution in [-0.4, -0.2) is 58.8 Å². The van der Waals surface area contributed by atoms with Crippen LogP contribution in [0.2, 0.25) is 0 Å². The van der Waals surface area contributed by atoms with Gasteiger partial charge in [0.2, 0.25) is 11.8 Å². The second kappa shape index (κ2) is 13.1. The van der Waals surface area contributed by atoms with Crippen LogP contribution in [0.5, 0.6) is 0 Å². The van der Waals surface area contributed by atoms with Crippen molar-refractivity contribution >= 4 is 24.0 Å². The number of rotatable bonds is 11. The second-order valence-corrected chi connectivity index (χ2v) is 9.70. The summed E-state index contributed by atoms with van der Waals surface area (Å²) < 4.78 is 5.37. The molecule has 0 heterocycles. The standard InChI is InChI=1S/C26H41N3O5/c1-9-18(5)21(28-25(33)34-26(6,7)8)24(32)29(14-15-30)22(23(31)27-17(3)4)20-13-11-12-19(10-2)16-20/h10-13,16-18,21-22,30H,2,9,14-15H2,1,3-8H3,(H,27,31)(H,28,33). The van der Waals surface area contributed by atoms with Gasteiger partial charge >= 0.3 is 6.09 Å². The normalized spacial score (nSPS) is 14.0. The van der Waals surface area contributed by atoms with E-state index in [1.165, 1.54) is 4.90 Å². The summed E-state index contributed by atoms with van der Waals surface area (Å²) in [5, 5.41) is 15.4. The first-order valence-corrected chi connectivity index (χ1v) is 11.8. The Kier molecular flexibility index (Phi) is 11.3. The van der Waals surface area contributed by atoms with E-state index in [2.05, 4.69) is 17.2 Å². The quantitative estimate of drug-likeness (QED) is 0.453. The van der Waals surface area contributed by atoms with Crippen LogP contribution in [0.3, 0.4) is 0 Å². The molecular formula is C26H41N3O5. The number of alkyl carbamates (subject to hydrolysis) is 1. The molecule has 8 heteroatoms. The predicted octanol–water partition coefficient (Wildman–Crippen LogP) is 3.66. The lowest BCUT2D eigenvalue weighted by Gasteiger charge is -2.36. The molecule has 1 aromatic carbocycles. The van der Waals surface area contributed by atoms with Crippen LogP contribution in [-0.2, 0) is 14.3 Å². The molecule has 34 heavy (non-hydrogen) atoms. The third-order valence-electron chi connectivity index (χ3n) is 5.23. The number of carbonyl (C=O) groups excluding carboxylic acids is 3. The molecule has 0 fully saturated rings. The molecule has 0 aliphatic heterocycles. The summed E-state index contributed by atoms with van der Waals surface area (Å²) in [4.78, 5) is 41.0. The fourth-order valence-electron chi connectivity index (χ4n) is 3.46. The fourth-order valence-corrected chi connectivity index (χ4v) is 3.46. The lowest BCUT2D eigenvalue weighted by Crippen LogP contribution is -2.56. The lowest BCUT2D eigenvalue weighted by molar-refractivity contribution is -0.144. The maximum Gasteiger partial charge on any atom is 0.408 e. The molecule has 0 bridgehead atoms. The molecule has 0 saturated carbocycles. The first-order chi connectivity index (χ1) is 15.8. The van der Waals surface area contributed by atoms with Crippen LogP contribution in [0.4, 0.5) is 4.79 Å². The lowest BCUT2D eigenvalue weighted by atomic mass is 9.95. The van der Waals surface area contributed by atoms with E-state index < -0.39 is 29.7 Å². The van der Waals surface area contributed by atoms with Crippen LogP contribution in [0.15, 0.2) is 30.8 Å². The van der Waals surface area contributed by atoms with Crippen molar-refractivity contribution in [2.24, 2.45) is 5.92 Å². The van der Waals surface area contributed by atoms with E-state index in [4.69, 9.17) is 4.74 Å². The first kappa shape index (κ1) is 29.2. The molecular weight excluding hydrogens is 434 g/mol. The van der Waals surface area contributed by atoms with Crippen molar-refractivity contribution in [3.8, 4) is 0 Å². The maximum atomic E-state index is 13.8. The number of hydrogen-bond donors (Lipinski definition) is 3. The van der Waals surface area contributed by atoms with Gasteiger partial charge < -0.3 is 25.4 Å². The Balaban J connectivity index is 3.49. The van der Waals surface area contributed by atoms with Gasteiger partial charge in [-0.3, -0.25) is 9.59 Å². The predicted molar refractivity (Wildman–Crippen MR) is 134 cm³/mol. The van der Waals surface area contributed by atoms with Crippen LogP contribution < -0.4 is 10.6 Å². The van der Waals surface area contributed by atoms with Gasteiger partial charge in [0, 0.05) is 12.6 Å². The molecule has 0 saturated heterocycles. The topological polar surface area (TPSA) is 108 Å². The van der Waals surface area contributed by atoms with Gasteiger partial charge in [0.1, 0.15) is 17.7 Å². The van der Waals surface area contributed by atoms with Gasteiger partial charge in [0.25, 0.3) is 0 Å². The Morgan fingerprint density at radius 3 is 2.32 bits per heavy atom. The number of hydrogen-bond acceptors (Lipinski definition) is 5. The number of nitrogens with one attached hydrogen (secondary N) is 2. The van der Waals surface area contributed by atoms with Gasteiger partial charge in [0.15, 0.2) is 0 Å². The van der Waals surface area contributed by atoms with Crippen molar-refractivity contribution in [3.05, 3.63) is 42.0 Å². The number of carbonyl (C=O) groups is 3. The molecule has 8 nitrogen and oxygen atoms in total. The third kappa shape index (κ3) is 8.82. The molecule has 3 N–H and O–H groups in total.